The monoisotopic (exact) mass is 285 g/mol. The lowest BCUT2D eigenvalue weighted by molar-refractivity contribution is -0.930. The fourth-order valence-electron chi connectivity index (χ4n) is 2.71. The predicted octanol–water partition coefficient (Wildman–Crippen LogP) is 1.52. The van der Waals surface area contributed by atoms with Crippen LogP contribution in [0, 0.1) is 11.8 Å². The highest BCUT2D eigenvalue weighted by atomic mass is 16.3. The Balaban J connectivity index is 2.07. The summed E-state index contributed by atoms with van der Waals surface area (Å²) in [7, 11) is 0. The van der Waals surface area contributed by atoms with Crippen LogP contribution in [0.5, 0.6) is 0 Å². The second-order valence-corrected chi connectivity index (χ2v) is 6.07. The first-order valence-corrected chi connectivity index (χ1v) is 7.63. The lowest BCUT2D eigenvalue weighted by Crippen LogP contribution is -3.13. The molecule has 1 unspecified atom stereocenters. The molecule has 2 rings (SSSR count). The maximum Gasteiger partial charge on any atom is 0.143 e. The molecular weight excluding hydrogens is 260 g/mol. The van der Waals surface area contributed by atoms with Crippen molar-refractivity contribution in [3.63, 3.8) is 0 Å². The molecule has 21 heavy (non-hydrogen) atoms. The SMILES string of the molecule is C=C(C)[C@@](C)(O)C#CC[NH+]1CCCC[C@@H]1c1cccnc1. The van der Waals surface area contributed by atoms with Crippen LogP contribution in [0.3, 0.4) is 0 Å². The molecule has 112 valence electrons. The Kier molecular flexibility index (Phi) is 5.17. The van der Waals surface area contributed by atoms with E-state index in [0.717, 1.165) is 13.1 Å². The van der Waals surface area contributed by atoms with Crippen LogP contribution in [0.25, 0.3) is 0 Å². The van der Waals surface area contributed by atoms with Gasteiger partial charge in [-0.05, 0) is 44.2 Å². The van der Waals surface area contributed by atoms with E-state index in [9.17, 15) is 5.11 Å². The van der Waals surface area contributed by atoms with Crippen molar-refractivity contribution in [2.24, 2.45) is 0 Å². The lowest BCUT2D eigenvalue weighted by atomic mass is 9.96. The van der Waals surface area contributed by atoms with E-state index in [4.69, 9.17) is 0 Å². The van der Waals surface area contributed by atoms with Gasteiger partial charge < -0.3 is 10.0 Å². The number of hydrogen-bond acceptors (Lipinski definition) is 2. The van der Waals surface area contributed by atoms with Gasteiger partial charge in [0.05, 0.1) is 6.54 Å². The minimum absolute atomic E-state index is 0.469. The number of nitrogens with one attached hydrogen (secondary N) is 1. The third-order valence-electron chi connectivity index (χ3n) is 4.30. The van der Waals surface area contributed by atoms with Crippen LogP contribution < -0.4 is 4.90 Å². The number of aromatic nitrogens is 1. The lowest BCUT2D eigenvalue weighted by Gasteiger charge is -2.31. The number of aliphatic hydroxyl groups is 1. The van der Waals surface area contributed by atoms with Crippen LogP contribution in [0.4, 0.5) is 0 Å². The van der Waals surface area contributed by atoms with Gasteiger partial charge in [-0.1, -0.05) is 18.6 Å². The molecule has 0 spiro atoms. The number of nitrogens with zero attached hydrogens (tertiary/aromatic N) is 1. The van der Waals surface area contributed by atoms with Crippen molar-refractivity contribution in [3.05, 3.63) is 42.2 Å². The Morgan fingerprint density at radius 3 is 3.05 bits per heavy atom. The first-order valence-electron chi connectivity index (χ1n) is 7.63. The van der Waals surface area contributed by atoms with Crippen LogP contribution in [-0.4, -0.2) is 28.8 Å². The van der Waals surface area contributed by atoms with Crippen LogP contribution in [0.1, 0.15) is 44.7 Å². The van der Waals surface area contributed by atoms with Gasteiger partial charge in [0, 0.05) is 24.4 Å². The third kappa shape index (κ3) is 4.17. The van der Waals surface area contributed by atoms with E-state index in [1.165, 1.54) is 29.7 Å². The van der Waals surface area contributed by atoms with Crippen LogP contribution >= 0.6 is 0 Å². The Bertz CT molecular complexity index is 539. The summed E-state index contributed by atoms with van der Waals surface area (Å²) in [5, 5.41) is 10.1. The zero-order valence-corrected chi connectivity index (χ0v) is 13.0. The summed E-state index contributed by atoms with van der Waals surface area (Å²) in [6.07, 6.45) is 7.47. The highest BCUT2D eigenvalue weighted by molar-refractivity contribution is 5.25. The minimum atomic E-state index is -1.08. The van der Waals surface area contributed by atoms with Crippen molar-refractivity contribution in [3.8, 4) is 11.8 Å². The fourth-order valence-corrected chi connectivity index (χ4v) is 2.71. The summed E-state index contributed by atoms with van der Waals surface area (Å²) in [6.45, 7) is 9.18. The Morgan fingerprint density at radius 1 is 1.57 bits per heavy atom. The summed E-state index contributed by atoms with van der Waals surface area (Å²) in [4.78, 5) is 5.71. The molecule has 3 nitrogen and oxygen atoms in total. The summed E-state index contributed by atoms with van der Waals surface area (Å²) < 4.78 is 0. The first kappa shape index (κ1) is 15.8. The smallest absolute Gasteiger partial charge is 0.143 e. The molecule has 1 saturated heterocycles. The Hall–Kier alpha value is -1.63. The summed E-state index contributed by atoms with van der Waals surface area (Å²) in [5.41, 5.74) is 0.895. The zero-order chi connectivity index (χ0) is 15.3. The Morgan fingerprint density at radius 2 is 2.38 bits per heavy atom. The molecule has 0 saturated carbocycles. The number of piperidine rings is 1. The van der Waals surface area contributed by atoms with E-state index >= 15 is 0 Å². The molecule has 3 atom stereocenters. The van der Waals surface area contributed by atoms with Crippen molar-refractivity contribution < 1.29 is 10.0 Å². The van der Waals surface area contributed by atoms with Gasteiger partial charge in [0.1, 0.15) is 18.2 Å². The normalized spacial score (nSPS) is 24.5. The van der Waals surface area contributed by atoms with E-state index in [1.54, 1.807) is 13.8 Å². The van der Waals surface area contributed by atoms with Crippen molar-refractivity contribution in [1.29, 1.82) is 0 Å². The topological polar surface area (TPSA) is 37.6 Å². The number of pyridine rings is 1. The molecule has 2 N–H and O–H groups in total. The number of hydrogen-bond donors (Lipinski definition) is 2. The van der Waals surface area contributed by atoms with Crippen molar-refractivity contribution >= 4 is 0 Å². The molecule has 2 heterocycles. The molecule has 0 bridgehead atoms. The molecule has 0 aliphatic carbocycles. The summed E-state index contributed by atoms with van der Waals surface area (Å²) in [6, 6.07) is 4.62. The number of quaternary nitrogens is 1. The molecular formula is C18H25N2O+. The average molecular weight is 285 g/mol. The van der Waals surface area contributed by atoms with Gasteiger partial charge in [-0.2, -0.15) is 0 Å². The highest BCUT2D eigenvalue weighted by Gasteiger charge is 2.27. The largest absolute Gasteiger partial charge is 0.374 e. The van der Waals surface area contributed by atoms with E-state index in [2.05, 4.69) is 29.5 Å². The Labute approximate surface area is 127 Å². The molecule has 1 aliphatic heterocycles. The fraction of sp³-hybridized carbons (Fsp3) is 0.500. The second kappa shape index (κ2) is 6.89. The summed E-state index contributed by atoms with van der Waals surface area (Å²) in [5.74, 6) is 6.11. The number of rotatable bonds is 3. The van der Waals surface area contributed by atoms with Crippen molar-refractivity contribution in [1.82, 2.24) is 4.98 Å². The van der Waals surface area contributed by atoms with Gasteiger partial charge in [0.2, 0.25) is 0 Å². The van der Waals surface area contributed by atoms with Crippen LogP contribution in [0.2, 0.25) is 0 Å². The van der Waals surface area contributed by atoms with Gasteiger partial charge in [0.25, 0.3) is 0 Å². The zero-order valence-electron chi connectivity index (χ0n) is 13.0. The maximum absolute atomic E-state index is 10.1. The van der Waals surface area contributed by atoms with Gasteiger partial charge >= 0.3 is 0 Å². The average Bonchev–Trinajstić information content (AvgIpc) is 2.48. The van der Waals surface area contributed by atoms with Gasteiger partial charge in [-0.25, -0.2) is 0 Å². The molecule has 0 aromatic carbocycles. The van der Waals surface area contributed by atoms with E-state index in [1.807, 2.05) is 18.5 Å². The van der Waals surface area contributed by atoms with Crippen LogP contribution in [-0.2, 0) is 0 Å². The van der Waals surface area contributed by atoms with Crippen molar-refractivity contribution in [2.45, 2.75) is 44.8 Å². The van der Waals surface area contributed by atoms with Gasteiger partial charge in [-0.3, -0.25) is 4.98 Å². The van der Waals surface area contributed by atoms with Crippen LogP contribution in [0.15, 0.2) is 36.7 Å². The molecule has 3 heteroatoms. The van der Waals surface area contributed by atoms with Gasteiger partial charge in [0.15, 0.2) is 0 Å². The van der Waals surface area contributed by atoms with E-state index < -0.39 is 5.60 Å². The van der Waals surface area contributed by atoms with E-state index in [0.29, 0.717) is 11.6 Å². The molecule has 1 aromatic rings. The third-order valence-corrected chi connectivity index (χ3v) is 4.30. The molecule has 0 radical (unpaired) electrons. The quantitative estimate of drug-likeness (QED) is 0.653. The molecule has 1 fully saturated rings. The van der Waals surface area contributed by atoms with Gasteiger partial charge in [-0.15, -0.1) is 0 Å². The highest BCUT2D eigenvalue weighted by Crippen LogP contribution is 2.18. The molecule has 0 amide bonds. The first-order chi connectivity index (χ1) is 10.0. The molecule has 1 aliphatic rings. The second-order valence-electron chi connectivity index (χ2n) is 6.07. The minimum Gasteiger partial charge on any atom is -0.374 e. The predicted molar refractivity (Wildman–Crippen MR) is 84.7 cm³/mol. The molecule has 1 aromatic heterocycles. The number of likely N-dealkylation sites (tertiary alicyclic amines) is 1. The summed E-state index contributed by atoms with van der Waals surface area (Å²) >= 11 is 0. The van der Waals surface area contributed by atoms with Crippen molar-refractivity contribution in [2.75, 3.05) is 13.1 Å². The van der Waals surface area contributed by atoms with E-state index in [-0.39, 0.29) is 0 Å². The standard InChI is InChI=1S/C18H24N2O/c1-15(2)18(3,21)10-7-13-20-12-5-4-9-17(20)16-8-6-11-19-14-16/h6,8,11,14,17,21H,1,4-5,9,12-13H2,2-3H3/p+1/t17-,18+/m1/s1. The maximum atomic E-state index is 10.1.